The third-order valence-electron chi connectivity index (χ3n) is 7.78. The summed E-state index contributed by atoms with van der Waals surface area (Å²) in [5, 5.41) is 24.6. The van der Waals surface area contributed by atoms with E-state index in [1.54, 1.807) is 52.1 Å². The summed E-state index contributed by atoms with van der Waals surface area (Å²) >= 11 is 0. The number of hydrogen-bond donors (Lipinski definition) is 4. The SMILES string of the molecule is COc1cccc(-c2cccc(C(=O)Nc3c(O)c4ccc(O[C@@H]5OC(C)(C)[C@H](OC)[C@@H](OC(N)=O)[C@H]5O)c(C)c4oc3=O)c2)c1. The van der Waals surface area contributed by atoms with Crippen molar-refractivity contribution in [1.29, 1.82) is 0 Å². The van der Waals surface area contributed by atoms with Crippen molar-refractivity contribution in [3.63, 3.8) is 0 Å². The molecule has 1 aliphatic rings. The fourth-order valence-corrected chi connectivity index (χ4v) is 5.50. The standard InChI is InChI=1S/C33H34N2O11/c1-16-22(43-31-25(37)27(45-32(34)40)28(42-5)33(2,3)46-31)13-12-21-24(36)23(30(39)44-26(16)21)35-29(38)19-10-6-8-17(14-19)18-9-7-11-20(15-18)41-4/h6-15,25,27-28,31,36-37H,1-5H3,(H2,34,40)(H,35,38)/t25-,27+,28-,31-/m1/s1. The van der Waals surface area contributed by atoms with Gasteiger partial charge in [-0.3, -0.25) is 4.79 Å². The van der Waals surface area contributed by atoms with Crippen LogP contribution in [0.2, 0.25) is 0 Å². The van der Waals surface area contributed by atoms with Crippen LogP contribution in [0, 0.1) is 6.92 Å². The molecule has 1 aliphatic heterocycles. The summed E-state index contributed by atoms with van der Waals surface area (Å²) in [6, 6.07) is 17.0. The molecule has 242 valence electrons. The first kappa shape index (κ1) is 32.3. The van der Waals surface area contributed by atoms with Crippen molar-refractivity contribution in [3.05, 3.63) is 82.2 Å². The second-order valence-electron chi connectivity index (χ2n) is 11.2. The number of primary amides is 1. The van der Waals surface area contributed by atoms with Crippen LogP contribution in [-0.4, -0.2) is 66.6 Å². The number of anilines is 1. The van der Waals surface area contributed by atoms with E-state index in [0.717, 1.165) is 11.1 Å². The van der Waals surface area contributed by atoms with Gasteiger partial charge in [-0.15, -0.1) is 0 Å². The number of methoxy groups -OCH3 is 2. The first-order chi connectivity index (χ1) is 21.8. The van der Waals surface area contributed by atoms with Gasteiger partial charge >= 0.3 is 11.7 Å². The molecule has 5 N–H and O–H groups in total. The number of nitrogens with one attached hydrogen (secondary N) is 1. The number of aliphatic hydroxyl groups is 1. The number of amides is 2. The normalized spacial score (nSPS) is 20.6. The van der Waals surface area contributed by atoms with Crippen LogP contribution in [0.3, 0.4) is 0 Å². The highest BCUT2D eigenvalue weighted by molar-refractivity contribution is 6.07. The highest BCUT2D eigenvalue weighted by atomic mass is 16.7. The molecular formula is C33H34N2O11. The Morgan fingerprint density at radius 3 is 2.39 bits per heavy atom. The third-order valence-corrected chi connectivity index (χ3v) is 7.78. The summed E-state index contributed by atoms with van der Waals surface area (Å²) in [6.45, 7) is 4.89. The maximum atomic E-state index is 13.2. The number of carbonyl (C=O) groups is 2. The quantitative estimate of drug-likeness (QED) is 0.204. The van der Waals surface area contributed by atoms with Crippen molar-refractivity contribution in [2.75, 3.05) is 19.5 Å². The van der Waals surface area contributed by atoms with E-state index in [4.69, 9.17) is 33.8 Å². The van der Waals surface area contributed by atoms with E-state index in [2.05, 4.69) is 5.32 Å². The zero-order chi connectivity index (χ0) is 33.3. The second kappa shape index (κ2) is 12.7. The molecule has 1 saturated heterocycles. The van der Waals surface area contributed by atoms with E-state index in [0.29, 0.717) is 5.75 Å². The lowest BCUT2D eigenvalue weighted by Crippen LogP contribution is -2.65. The lowest BCUT2D eigenvalue weighted by molar-refractivity contribution is -0.304. The van der Waals surface area contributed by atoms with E-state index < -0.39 is 59.3 Å². The molecule has 2 heterocycles. The summed E-state index contributed by atoms with van der Waals surface area (Å²) < 4.78 is 33.3. The van der Waals surface area contributed by atoms with Gasteiger partial charge in [0.15, 0.2) is 23.6 Å². The summed E-state index contributed by atoms with van der Waals surface area (Å²) in [6.07, 6.45) is -6.08. The molecule has 2 amide bonds. The van der Waals surface area contributed by atoms with Crippen molar-refractivity contribution in [1.82, 2.24) is 0 Å². The highest BCUT2D eigenvalue weighted by Crippen LogP contribution is 2.38. The van der Waals surface area contributed by atoms with Gasteiger partial charge in [0.2, 0.25) is 6.29 Å². The number of ether oxygens (including phenoxy) is 5. The van der Waals surface area contributed by atoms with Crippen molar-refractivity contribution in [2.45, 2.75) is 51.0 Å². The van der Waals surface area contributed by atoms with Crippen LogP contribution < -0.4 is 26.1 Å². The van der Waals surface area contributed by atoms with Gasteiger partial charge in [0.05, 0.1) is 18.1 Å². The Labute approximate surface area is 263 Å². The lowest BCUT2D eigenvalue weighted by Gasteiger charge is -2.47. The van der Waals surface area contributed by atoms with Crippen molar-refractivity contribution < 1.29 is 47.9 Å². The number of rotatable bonds is 8. The molecule has 1 aromatic heterocycles. The first-order valence-corrected chi connectivity index (χ1v) is 14.2. The molecule has 0 bridgehead atoms. The molecule has 0 radical (unpaired) electrons. The lowest BCUT2D eigenvalue weighted by atomic mass is 9.89. The van der Waals surface area contributed by atoms with Crippen molar-refractivity contribution in [2.24, 2.45) is 5.73 Å². The van der Waals surface area contributed by atoms with E-state index >= 15 is 0 Å². The zero-order valence-electron chi connectivity index (χ0n) is 25.7. The van der Waals surface area contributed by atoms with E-state index in [9.17, 15) is 24.6 Å². The summed E-state index contributed by atoms with van der Waals surface area (Å²) in [5.41, 5.74) is 4.73. The van der Waals surface area contributed by atoms with Crippen LogP contribution in [0.5, 0.6) is 17.2 Å². The highest BCUT2D eigenvalue weighted by Gasteiger charge is 2.53. The Balaban J connectivity index is 1.41. The van der Waals surface area contributed by atoms with Crippen LogP contribution in [0.1, 0.15) is 29.8 Å². The minimum absolute atomic E-state index is 0.0257. The van der Waals surface area contributed by atoms with Crippen LogP contribution in [0.4, 0.5) is 10.5 Å². The molecule has 0 saturated carbocycles. The fraction of sp³-hybridized carbons (Fsp3) is 0.303. The number of hydrogen-bond acceptors (Lipinski definition) is 11. The molecule has 1 fully saturated rings. The molecular weight excluding hydrogens is 600 g/mol. The van der Waals surface area contributed by atoms with E-state index in [-0.39, 0.29) is 27.8 Å². The van der Waals surface area contributed by atoms with Crippen LogP contribution >= 0.6 is 0 Å². The molecule has 5 rings (SSSR count). The molecule has 0 aliphatic carbocycles. The average molecular weight is 635 g/mol. The Kier molecular flexibility index (Phi) is 8.92. The number of aliphatic hydroxyl groups excluding tert-OH is 1. The number of benzene rings is 3. The van der Waals surface area contributed by atoms with Gasteiger partial charge in [-0.2, -0.15) is 0 Å². The third kappa shape index (κ3) is 6.20. The van der Waals surface area contributed by atoms with Crippen molar-refractivity contribution in [3.8, 4) is 28.4 Å². The Morgan fingerprint density at radius 1 is 1.02 bits per heavy atom. The number of aryl methyl sites for hydroxylation is 1. The topological polar surface area (TPSA) is 189 Å². The average Bonchev–Trinajstić information content (AvgIpc) is 3.02. The van der Waals surface area contributed by atoms with Gasteiger partial charge in [0.25, 0.3) is 5.91 Å². The predicted molar refractivity (Wildman–Crippen MR) is 166 cm³/mol. The molecule has 0 unspecified atom stereocenters. The Hall–Kier alpha value is -5.11. The maximum absolute atomic E-state index is 13.2. The van der Waals surface area contributed by atoms with Gasteiger partial charge < -0.3 is 49.4 Å². The molecule has 3 aromatic carbocycles. The van der Waals surface area contributed by atoms with E-state index in [1.165, 1.54) is 19.2 Å². The molecule has 13 heteroatoms. The monoisotopic (exact) mass is 634 g/mol. The van der Waals surface area contributed by atoms with Gasteiger partial charge in [-0.25, -0.2) is 9.59 Å². The predicted octanol–water partition coefficient (Wildman–Crippen LogP) is 4.09. The maximum Gasteiger partial charge on any atom is 0.404 e. The number of nitrogens with two attached hydrogens (primary N) is 1. The van der Waals surface area contributed by atoms with Gasteiger partial charge in [-0.05, 0) is 68.3 Å². The molecule has 4 aromatic rings. The molecule has 4 atom stereocenters. The smallest absolute Gasteiger partial charge is 0.404 e. The minimum atomic E-state index is -1.51. The van der Waals surface area contributed by atoms with Crippen LogP contribution in [0.25, 0.3) is 22.1 Å². The minimum Gasteiger partial charge on any atom is -0.505 e. The number of aromatic hydroxyl groups is 1. The van der Waals surface area contributed by atoms with Crippen LogP contribution in [-0.2, 0) is 14.2 Å². The molecule has 0 spiro atoms. The first-order valence-electron chi connectivity index (χ1n) is 14.2. The van der Waals surface area contributed by atoms with Gasteiger partial charge in [0, 0.05) is 18.2 Å². The largest absolute Gasteiger partial charge is 0.505 e. The van der Waals surface area contributed by atoms with E-state index in [1.807, 2.05) is 24.3 Å². The van der Waals surface area contributed by atoms with Gasteiger partial charge in [0.1, 0.15) is 23.2 Å². The molecule has 46 heavy (non-hydrogen) atoms. The Bertz CT molecular complexity index is 1850. The second-order valence-corrected chi connectivity index (χ2v) is 11.2. The summed E-state index contributed by atoms with van der Waals surface area (Å²) in [5.74, 6) is -0.361. The summed E-state index contributed by atoms with van der Waals surface area (Å²) in [4.78, 5) is 37.8. The number of fused-ring (bicyclic) bond motifs is 1. The summed E-state index contributed by atoms with van der Waals surface area (Å²) in [7, 11) is 2.94. The zero-order valence-corrected chi connectivity index (χ0v) is 25.7. The molecule has 13 nitrogen and oxygen atoms in total. The number of carbonyl (C=O) groups excluding carboxylic acids is 2. The van der Waals surface area contributed by atoms with Gasteiger partial charge in [-0.1, -0.05) is 24.3 Å². The van der Waals surface area contributed by atoms with Crippen LogP contribution in [0.15, 0.2) is 69.9 Å². The fourth-order valence-electron chi connectivity index (χ4n) is 5.50. The van der Waals surface area contributed by atoms with Crippen molar-refractivity contribution >= 4 is 28.7 Å². The Morgan fingerprint density at radius 2 is 1.72 bits per heavy atom.